The van der Waals surface area contributed by atoms with Crippen LogP contribution in [0.1, 0.15) is 10.4 Å². The van der Waals surface area contributed by atoms with E-state index in [0.29, 0.717) is 30.3 Å². The van der Waals surface area contributed by atoms with Gasteiger partial charge >= 0.3 is 5.97 Å². The number of rotatable bonds is 7. The molecule has 0 heterocycles. The monoisotopic (exact) mass is 348 g/mol. The van der Waals surface area contributed by atoms with Gasteiger partial charge in [0.1, 0.15) is 18.1 Å². The Kier molecular flexibility index (Phi) is 6.01. The molecule has 0 atom stereocenters. The number of carbonyl (C=O) groups excluding carboxylic acids is 1. The van der Waals surface area contributed by atoms with Gasteiger partial charge < -0.3 is 14.2 Å². The summed E-state index contributed by atoms with van der Waals surface area (Å²) in [6.07, 6.45) is 0. The molecule has 4 heteroatoms. The van der Waals surface area contributed by atoms with Crippen molar-refractivity contribution >= 4 is 5.97 Å². The summed E-state index contributed by atoms with van der Waals surface area (Å²) in [4.78, 5) is 12.3. The Bertz CT molecular complexity index is 824. The van der Waals surface area contributed by atoms with Crippen molar-refractivity contribution in [2.75, 3.05) is 20.3 Å². The summed E-state index contributed by atoms with van der Waals surface area (Å²) in [5.41, 5.74) is 2.66. The van der Waals surface area contributed by atoms with Gasteiger partial charge in [0.2, 0.25) is 0 Å². The average molecular weight is 348 g/mol. The zero-order chi connectivity index (χ0) is 18.2. The molecule has 0 aliphatic heterocycles. The van der Waals surface area contributed by atoms with E-state index >= 15 is 0 Å². The van der Waals surface area contributed by atoms with Crippen molar-refractivity contribution in [3.8, 4) is 22.6 Å². The molecule has 4 nitrogen and oxygen atoms in total. The first-order chi connectivity index (χ1) is 12.8. The summed E-state index contributed by atoms with van der Waals surface area (Å²) in [6.45, 7) is 0.983. The minimum absolute atomic E-state index is 0.402. The second kappa shape index (κ2) is 8.83. The van der Waals surface area contributed by atoms with Gasteiger partial charge in [-0.15, -0.1) is 0 Å². The number of hydrogen-bond donors (Lipinski definition) is 0. The highest BCUT2D eigenvalue weighted by Crippen LogP contribution is 2.23. The molecule has 3 aromatic carbocycles. The lowest BCUT2D eigenvalue weighted by Crippen LogP contribution is -2.09. The summed E-state index contributed by atoms with van der Waals surface area (Å²) >= 11 is 0. The lowest BCUT2D eigenvalue weighted by molar-refractivity contribution is 0.0734. The van der Waals surface area contributed by atoms with Crippen LogP contribution in [0.25, 0.3) is 11.1 Å². The molecule has 26 heavy (non-hydrogen) atoms. The highest BCUT2D eigenvalue weighted by molar-refractivity contribution is 5.91. The Morgan fingerprint density at radius 1 is 0.731 bits per heavy atom. The molecular formula is C22H20O4. The van der Waals surface area contributed by atoms with Gasteiger partial charge in [0.05, 0.1) is 12.2 Å². The maximum atomic E-state index is 12.3. The van der Waals surface area contributed by atoms with Crippen LogP contribution in [0.5, 0.6) is 11.5 Å². The standard InChI is InChI=1S/C22H20O4/c1-24-15-16-25-20-11-9-19(10-12-20)22(23)26-21-13-7-18(8-14-21)17-5-3-2-4-6-17/h2-14H,15-16H2,1H3. The molecular weight excluding hydrogens is 328 g/mol. The molecule has 3 aromatic rings. The number of ether oxygens (including phenoxy) is 3. The number of methoxy groups -OCH3 is 1. The predicted octanol–water partition coefficient (Wildman–Crippen LogP) is 4.60. The number of hydrogen-bond acceptors (Lipinski definition) is 4. The SMILES string of the molecule is COCCOc1ccc(C(=O)Oc2ccc(-c3ccccc3)cc2)cc1. The third kappa shape index (κ3) is 4.71. The van der Waals surface area contributed by atoms with Crippen LogP contribution in [-0.4, -0.2) is 26.3 Å². The summed E-state index contributed by atoms with van der Waals surface area (Å²) in [5.74, 6) is 0.793. The van der Waals surface area contributed by atoms with E-state index in [9.17, 15) is 4.79 Å². The Morgan fingerprint density at radius 2 is 1.35 bits per heavy atom. The molecule has 0 aliphatic carbocycles. The Labute approximate surface area is 153 Å². The fourth-order valence-corrected chi connectivity index (χ4v) is 2.44. The van der Waals surface area contributed by atoms with Crippen molar-refractivity contribution in [2.45, 2.75) is 0 Å². The maximum Gasteiger partial charge on any atom is 0.343 e. The minimum Gasteiger partial charge on any atom is -0.491 e. The molecule has 132 valence electrons. The van der Waals surface area contributed by atoms with Crippen LogP contribution in [0.3, 0.4) is 0 Å². The van der Waals surface area contributed by atoms with Crippen LogP contribution in [0.15, 0.2) is 78.9 Å². The molecule has 0 saturated carbocycles. The minimum atomic E-state index is -0.402. The van der Waals surface area contributed by atoms with E-state index in [4.69, 9.17) is 14.2 Å². The molecule has 0 amide bonds. The lowest BCUT2D eigenvalue weighted by Gasteiger charge is -2.08. The molecule has 0 fully saturated rings. The molecule has 0 spiro atoms. The molecule has 0 aliphatic rings. The van der Waals surface area contributed by atoms with Gasteiger partial charge in [-0.05, 0) is 47.5 Å². The summed E-state index contributed by atoms with van der Waals surface area (Å²) in [6, 6.07) is 24.3. The second-order valence-electron chi connectivity index (χ2n) is 5.65. The largest absolute Gasteiger partial charge is 0.491 e. The van der Waals surface area contributed by atoms with E-state index in [1.165, 1.54) is 0 Å². The quantitative estimate of drug-likeness (QED) is 0.356. The maximum absolute atomic E-state index is 12.3. The predicted molar refractivity (Wildman–Crippen MR) is 101 cm³/mol. The Morgan fingerprint density at radius 3 is 2.00 bits per heavy atom. The van der Waals surface area contributed by atoms with Crippen LogP contribution < -0.4 is 9.47 Å². The topological polar surface area (TPSA) is 44.8 Å². The smallest absolute Gasteiger partial charge is 0.343 e. The van der Waals surface area contributed by atoms with E-state index < -0.39 is 5.97 Å². The fraction of sp³-hybridized carbons (Fsp3) is 0.136. The molecule has 0 radical (unpaired) electrons. The summed E-state index contributed by atoms with van der Waals surface area (Å²) < 4.78 is 15.8. The molecule has 0 aromatic heterocycles. The molecule has 0 unspecified atom stereocenters. The van der Waals surface area contributed by atoms with Gasteiger partial charge in [0.15, 0.2) is 0 Å². The average Bonchev–Trinajstić information content (AvgIpc) is 2.70. The van der Waals surface area contributed by atoms with Gasteiger partial charge in [-0.25, -0.2) is 4.79 Å². The van der Waals surface area contributed by atoms with Crippen molar-refractivity contribution in [1.29, 1.82) is 0 Å². The normalized spacial score (nSPS) is 10.3. The first kappa shape index (κ1) is 17.7. The van der Waals surface area contributed by atoms with Crippen LogP contribution in [0.4, 0.5) is 0 Å². The van der Waals surface area contributed by atoms with Crippen molar-refractivity contribution in [3.05, 3.63) is 84.4 Å². The molecule has 0 N–H and O–H groups in total. The highest BCUT2D eigenvalue weighted by atomic mass is 16.5. The zero-order valence-electron chi connectivity index (χ0n) is 14.6. The number of benzene rings is 3. The van der Waals surface area contributed by atoms with Crippen molar-refractivity contribution in [2.24, 2.45) is 0 Å². The van der Waals surface area contributed by atoms with Gasteiger partial charge in [0.25, 0.3) is 0 Å². The zero-order valence-corrected chi connectivity index (χ0v) is 14.6. The van der Waals surface area contributed by atoms with E-state index in [0.717, 1.165) is 11.1 Å². The van der Waals surface area contributed by atoms with Crippen LogP contribution in [0, 0.1) is 0 Å². The van der Waals surface area contributed by atoms with Crippen LogP contribution in [-0.2, 0) is 4.74 Å². The summed E-state index contributed by atoms with van der Waals surface area (Å²) in [7, 11) is 1.62. The van der Waals surface area contributed by atoms with Crippen LogP contribution >= 0.6 is 0 Å². The fourth-order valence-electron chi connectivity index (χ4n) is 2.44. The Balaban J connectivity index is 1.61. The lowest BCUT2D eigenvalue weighted by atomic mass is 10.1. The van der Waals surface area contributed by atoms with Crippen molar-refractivity contribution in [3.63, 3.8) is 0 Å². The molecule has 0 saturated heterocycles. The van der Waals surface area contributed by atoms with Gasteiger partial charge in [-0.3, -0.25) is 0 Å². The highest BCUT2D eigenvalue weighted by Gasteiger charge is 2.09. The first-order valence-corrected chi connectivity index (χ1v) is 8.36. The van der Waals surface area contributed by atoms with E-state index in [1.54, 1.807) is 43.5 Å². The third-order valence-corrected chi connectivity index (χ3v) is 3.82. The third-order valence-electron chi connectivity index (χ3n) is 3.82. The van der Waals surface area contributed by atoms with Gasteiger partial charge in [-0.1, -0.05) is 42.5 Å². The number of esters is 1. The van der Waals surface area contributed by atoms with E-state index in [2.05, 4.69) is 0 Å². The van der Waals surface area contributed by atoms with Gasteiger partial charge in [-0.2, -0.15) is 0 Å². The second-order valence-corrected chi connectivity index (χ2v) is 5.65. The van der Waals surface area contributed by atoms with E-state index in [1.807, 2.05) is 42.5 Å². The van der Waals surface area contributed by atoms with Gasteiger partial charge in [0, 0.05) is 7.11 Å². The van der Waals surface area contributed by atoms with Crippen LogP contribution in [0.2, 0.25) is 0 Å². The summed E-state index contributed by atoms with van der Waals surface area (Å²) in [5, 5.41) is 0. The molecule has 3 rings (SSSR count). The van der Waals surface area contributed by atoms with E-state index in [-0.39, 0.29) is 0 Å². The van der Waals surface area contributed by atoms with Crippen molar-refractivity contribution in [1.82, 2.24) is 0 Å². The van der Waals surface area contributed by atoms with Crippen molar-refractivity contribution < 1.29 is 19.0 Å². The molecule has 0 bridgehead atoms. The number of carbonyl (C=O) groups is 1. The Hall–Kier alpha value is -3.11. The first-order valence-electron chi connectivity index (χ1n) is 8.36.